The highest BCUT2D eigenvalue weighted by molar-refractivity contribution is 9.09. The van der Waals surface area contributed by atoms with E-state index in [-0.39, 0.29) is 10.3 Å². The van der Waals surface area contributed by atoms with Crippen LogP contribution in [0.2, 0.25) is 5.02 Å². The summed E-state index contributed by atoms with van der Waals surface area (Å²) in [6.07, 6.45) is 0.894. The van der Waals surface area contributed by atoms with Crippen molar-refractivity contribution in [3.63, 3.8) is 0 Å². The van der Waals surface area contributed by atoms with E-state index in [9.17, 15) is 8.42 Å². The van der Waals surface area contributed by atoms with Gasteiger partial charge in [0.15, 0.2) is 0 Å². The van der Waals surface area contributed by atoms with Crippen LogP contribution in [0.5, 0.6) is 0 Å². The van der Waals surface area contributed by atoms with Crippen molar-refractivity contribution in [2.45, 2.75) is 25.2 Å². The van der Waals surface area contributed by atoms with Gasteiger partial charge >= 0.3 is 0 Å². The molecule has 0 aliphatic rings. The lowest BCUT2D eigenvalue weighted by molar-refractivity contribution is 0.354. The van der Waals surface area contributed by atoms with Crippen molar-refractivity contribution in [3.05, 3.63) is 29.3 Å². The minimum absolute atomic E-state index is 0.0881. The van der Waals surface area contributed by atoms with Gasteiger partial charge in [-0.1, -0.05) is 47.4 Å². The SMILES string of the molecule is CC(C)(CCBr)CNS(=O)(=O)c1cccc(Cl)c1. The first-order chi connectivity index (χ1) is 8.27. The molecule has 0 radical (unpaired) electrons. The van der Waals surface area contributed by atoms with Crippen LogP contribution in [0.4, 0.5) is 0 Å². The van der Waals surface area contributed by atoms with Gasteiger partial charge in [0.2, 0.25) is 10.0 Å². The smallest absolute Gasteiger partial charge is 0.211 e. The van der Waals surface area contributed by atoms with Crippen molar-refractivity contribution in [2.75, 3.05) is 11.9 Å². The van der Waals surface area contributed by atoms with Crippen LogP contribution in [0.15, 0.2) is 29.2 Å². The molecule has 0 saturated carbocycles. The summed E-state index contributed by atoms with van der Waals surface area (Å²) in [5.74, 6) is 0. The second-order valence-corrected chi connectivity index (χ2v) is 7.88. The van der Waals surface area contributed by atoms with E-state index in [4.69, 9.17) is 11.6 Å². The lowest BCUT2D eigenvalue weighted by Crippen LogP contribution is -2.34. The van der Waals surface area contributed by atoms with Crippen LogP contribution in [-0.2, 0) is 10.0 Å². The molecule has 0 aliphatic heterocycles. The molecule has 18 heavy (non-hydrogen) atoms. The molecule has 0 fully saturated rings. The van der Waals surface area contributed by atoms with Gasteiger partial charge in [-0.3, -0.25) is 0 Å². The first kappa shape index (κ1) is 16.0. The van der Waals surface area contributed by atoms with Crippen molar-refractivity contribution in [2.24, 2.45) is 5.41 Å². The van der Waals surface area contributed by atoms with Gasteiger partial charge in [0.1, 0.15) is 0 Å². The van der Waals surface area contributed by atoms with Gasteiger partial charge in [-0.05, 0) is 30.0 Å². The molecule has 0 amide bonds. The Hall–Kier alpha value is -0.100. The molecule has 0 spiro atoms. The van der Waals surface area contributed by atoms with Gasteiger partial charge < -0.3 is 0 Å². The van der Waals surface area contributed by atoms with E-state index >= 15 is 0 Å². The highest BCUT2D eigenvalue weighted by Crippen LogP contribution is 2.21. The molecule has 0 aromatic heterocycles. The number of benzene rings is 1. The zero-order valence-electron chi connectivity index (χ0n) is 10.4. The van der Waals surface area contributed by atoms with E-state index in [1.54, 1.807) is 12.1 Å². The van der Waals surface area contributed by atoms with Gasteiger partial charge in [0, 0.05) is 16.9 Å². The summed E-state index contributed by atoms with van der Waals surface area (Å²) in [6.45, 7) is 4.44. The second-order valence-electron chi connectivity index (χ2n) is 4.89. The normalized spacial score (nSPS) is 12.7. The lowest BCUT2D eigenvalue weighted by Gasteiger charge is -2.23. The molecule has 0 unspecified atom stereocenters. The Morgan fingerprint density at radius 3 is 2.61 bits per heavy atom. The fourth-order valence-corrected chi connectivity index (χ4v) is 3.97. The zero-order valence-corrected chi connectivity index (χ0v) is 13.6. The highest BCUT2D eigenvalue weighted by atomic mass is 79.9. The molecule has 0 atom stereocenters. The summed E-state index contributed by atoms with van der Waals surface area (Å²) in [5, 5.41) is 1.26. The number of hydrogen-bond acceptors (Lipinski definition) is 2. The van der Waals surface area contributed by atoms with E-state index in [0.29, 0.717) is 11.6 Å². The third kappa shape index (κ3) is 4.88. The molecule has 1 aromatic carbocycles. The molecule has 102 valence electrons. The zero-order chi connectivity index (χ0) is 13.8. The van der Waals surface area contributed by atoms with Crippen molar-refractivity contribution in [1.82, 2.24) is 4.72 Å². The summed E-state index contributed by atoms with van der Waals surface area (Å²) in [6, 6.07) is 6.25. The molecule has 6 heteroatoms. The van der Waals surface area contributed by atoms with E-state index < -0.39 is 10.0 Å². The van der Waals surface area contributed by atoms with E-state index in [1.807, 2.05) is 13.8 Å². The number of hydrogen-bond donors (Lipinski definition) is 1. The fourth-order valence-electron chi connectivity index (χ4n) is 1.35. The molecule has 1 aromatic rings. The third-order valence-corrected chi connectivity index (χ3v) is 4.65. The van der Waals surface area contributed by atoms with E-state index in [1.165, 1.54) is 12.1 Å². The van der Waals surface area contributed by atoms with E-state index in [2.05, 4.69) is 20.7 Å². The van der Waals surface area contributed by atoms with Crippen molar-refractivity contribution in [3.8, 4) is 0 Å². The van der Waals surface area contributed by atoms with Crippen molar-refractivity contribution in [1.29, 1.82) is 0 Å². The summed E-state index contributed by atoms with van der Waals surface area (Å²) in [5.41, 5.74) is -0.0881. The summed E-state index contributed by atoms with van der Waals surface area (Å²) in [4.78, 5) is 0.199. The Kier molecular flexibility index (Phi) is 5.65. The van der Waals surface area contributed by atoms with Gasteiger partial charge in [-0.2, -0.15) is 0 Å². The van der Waals surface area contributed by atoms with Crippen LogP contribution in [-0.4, -0.2) is 20.3 Å². The number of rotatable bonds is 6. The average Bonchev–Trinajstić information content (AvgIpc) is 2.27. The predicted octanol–water partition coefficient (Wildman–Crippen LogP) is 3.43. The Bertz CT molecular complexity index is 503. The maximum atomic E-state index is 12.1. The van der Waals surface area contributed by atoms with Gasteiger partial charge in [0.25, 0.3) is 0 Å². The largest absolute Gasteiger partial charge is 0.240 e. The Balaban J connectivity index is 2.78. The molecule has 0 heterocycles. The van der Waals surface area contributed by atoms with Crippen LogP contribution in [0.3, 0.4) is 0 Å². The highest BCUT2D eigenvalue weighted by Gasteiger charge is 2.21. The standard InChI is InChI=1S/C12H17BrClNO2S/c1-12(2,6-7-13)9-15-18(16,17)11-5-3-4-10(14)8-11/h3-5,8,15H,6-7,9H2,1-2H3. The Morgan fingerprint density at radius 2 is 2.06 bits per heavy atom. The maximum Gasteiger partial charge on any atom is 0.240 e. The molecule has 1 N–H and O–H groups in total. The van der Waals surface area contributed by atoms with Crippen LogP contribution in [0.25, 0.3) is 0 Å². The maximum absolute atomic E-state index is 12.1. The first-order valence-corrected chi connectivity index (χ1v) is 8.56. The average molecular weight is 355 g/mol. The van der Waals surface area contributed by atoms with Crippen LogP contribution >= 0.6 is 27.5 Å². The molecule has 1 rings (SSSR count). The molecule has 0 saturated heterocycles. The molecular weight excluding hydrogens is 338 g/mol. The fraction of sp³-hybridized carbons (Fsp3) is 0.500. The summed E-state index contributed by atoms with van der Waals surface area (Å²) in [7, 11) is -3.48. The van der Waals surface area contributed by atoms with Crippen molar-refractivity contribution >= 4 is 37.6 Å². The van der Waals surface area contributed by atoms with Gasteiger partial charge in [-0.25, -0.2) is 13.1 Å². The Morgan fingerprint density at radius 1 is 1.39 bits per heavy atom. The van der Waals surface area contributed by atoms with Crippen LogP contribution in [0.1, 0.15) is 20.3 Å². The Labute approximate surface area is 122 Å². The lowest BCUT2D eigenvalue weighted by atomic mass is 9.91. The van der Waals surface area contributed by atoms with Crippen molar-refractivity contribution < 1.29 is 8.42 Å². The topological polar surface area (TPSA) is 46.2 Å². The summed E-state index contributed by atoms with van der Waals surface area (Å²) >= 11 is 9.16. The molecule has 3 nitrogen and oxygen atoms in total. The molecule has 0 bridgehead atoms. The van der Waals surface area contributed by atoms with Gasteiger partial charge in [0.05, 0.1) is 4.90 Å². The van der Waals surface area contributed by atoms with Gasteiger partial charge in [-0.15, -0.1) is 0 Å². The number of sulfonamides is 1. The second kappa shape index (κ2) is 6.37. The molecular formula is C12H17BrClNO2S. The van der Waals surface area contributed by atoms with E-state index in [0.717, 1.165) is 11.8 Å². The minimum Gasteiger partial charge on any atom is -0.211 e. The minimum atomic E-state index is -3.48. The molecule has 0 aliphatic carbocycles. The number of nitrogens with one attached hydrogen (secondary N) is 1. The monoisotopic (exact) mass is 353 g/mol. The third-order valence-electron chi connectivity index (χ3n) is 2.62. The van der Waals surface area contributed by atoms with Crippen LogP contribution < -0.4 is 4.72 Å². The predicted molar refractivity (Wildman–Crippen MR) is 78.8 cm³/mol. The first-order valence-electron chi connectivity index (χ1n) is 5.58. The number of halogens is 2. The quantitative estimate of drug-likeness (QED) is 0.796. The number of alkyl halides is 1. The van der Waals surface area contributed by atoms with Crippen LogP contribution in [0, 0.1) is 5.41 Å². The summed E-state index contributed by atoms with van der Waals surface area (Å²) < 4.78 is 26.7.